The Hall–Kier alpha value is -3.89. The molecule has 2 aromatic heterocycles. The van der Waals surface area contributed by atoms with Crippen molar-refractivity contribution in [3.63, 3.8) is 0 Å². The molecule has 204 valence electrons. The minimum atomic E-state index is -0.389. The zero-order valence-electron chi connectivity index (χ0n) is 22.9. The summed E-state index contributed by atoms with van der Waals surface area (Å²) in [6.45, 7) is 4.03. The van der Waals surface area contributed by atoms with E-state index >= 15 is 0 Å². The van der Waals surface area contributed by atoms with Crippen LogP contribution in [0, 0.1) is 6.92 Å². The summed E-state index contributed by atoms with van der Waals surface area (Å²) in [6.07, 6.45) is 2.26. The molecule has 10 heteroatoms. The van der Waals surface area contributed by atoms with Crippen LogP contribution in [0.3, 0.4) is 0 Å². The summed E-state index contributed by atoms with van der Waals surface area (Å²) >= 11 is 1.57. The van der Waals surface area contributed by atoms with Crippen molar-refractivity contribution < 1.29 is 14.3 Å². The number of carbonyl (C=O) groups excluding carboxylic acids is 1. The number of benzene rings is 2. The van der Waals surface area contributed by atoms with Crippen LogP contribution in [0.15, 0.2) is 47.8 Å². The van der Waals surface area contributed by atoms with Crippen LogP contribution in [0.2, 0.25) is 0 Å². The summed E-state index contributed by atoms with van der Waals surface area (Å²) in [5.41, 5.74) is 4.21. The highest BCUT2D eigenvalue weighted by Crippen LogP contribution is 2.36. The Morgan fingerprint density at radius 1 is 1.05 bits per heavy atom. The normalized spacial score (nSPS) is 14.1. The molecule has 2 N–H and O–H groups in total. The number of carbonyl (C=O) groups is 1. The summed E-state index contributed by atoms with van der Waals surface area (Å²) in [6, 6.07) is 13.9. The SMILES string of the molecule is COC(=O)c1cccc(Nc2nc(Nc3ccc(N4CCC(N(C)C)CC4)c(OC)c3)nc3scc(C)c23)c1. The molecule has 1 fully saturated rings. The van der Waals surface area contributed by atoms with Gasteiger partial charge >= 0.3 is 5.97 Å². The van der Waals surface area contributed by atoms with Gasteiger partial charge in [-0.2, -0.15) is 4.98 Å². The summed E-state index contributed by atoms with van der Waals surface area (Å²) < 4.78 is 10.7. The summed E-state index contributed by atoms with van der Waals surface area (Å²) in [7, 11) is 7.38. The third-order valence-corrected chi connectivity index (χ3v) is 8.13. The van der Waals surface area contributed by atoms with Crippen molar-refractivity contribution in [3.8, 4) is 5.75 Å². The Kier molecular flexibility index (Phi) is 7.85. The fourth-order valence-corrected chi connectivity index (χ4v) is 5.90. The van der Waals surface area contributed by atoms with Crippen molar-refractivity contribution >= 4 is 56.4 Å². The molecular weight excluding hydrogens is 512 g/mol. The minimum Gasteiger partial charge on any atom is -0.495 e. The quantitative estimate of drug-likeness (QED) is 0.266. The van der Waals surface area contributed by atoms with Crippen LogP contribution >= 0.6 is 11.3 Å². The Balaban J connectivity index is 1.40. The first kappa shape index (κ1) is 26.7. The van der Waals surface area contributed by atoms with Crippen LogP contribution in [-0.4, -0.2) is 68.3 Å². The molecule has 0 saturated carbocycles. The zero-order chi connectivity index (χ0) is 27.5. The molecule has 0 radical (unpaired) electrons. The fourth-order valence-electron chi connectivity index (χ4n) is 4.98. The molecule has 3 heterocycles. The largest absolute Gasteiger partial charge is 0.495 e. The van der Waals surface area contributed by atoms with Crippen molar-refractivity contribution in [1.82, 2.24) is 14.9 Å². The highest BCUT2D eigenvalue weighted by atomic mass is 32.1. The number of rotatable bonds is 8. The van der Waals surface area contributed by atoms with Crippen molar-refractivity contribution in [3.05, 3.63) is 59.0 Å². The topological polar surface area (TPSA) is 91.8 Å². The zero-order valence-corrected chi connectivity index (χ0v) is 23.8. The number of nitrogens with one attached hydrogen (secondary N) is 2. The lowest BCUT2D eigenvalue weighted by atomic mass is 10.0. The monoisotopic (exact) mass is 546 g/mol. The second-order valence-electron chi connectivity index (χ2n) is 9.89. The van der Waals surface area contributed by atoms with Crippen LogP contribution in [0.25, 0.3) is 10.2 Å². The first-order valence-corrected chi connectivity index (χ1v) is 13.8. The van der Waals surface area contributed by atoms with Crippen molar-refractivity contribution in [2.24, 2.45) is 0 Å². The van der Waals surface area contributed by atoms with Crippen molar-refractivity contribution in [1.29, 1.82) is 0 Å². The van der Waals surface area contributed by atoms with Crippen LogP contribution in [0.1, 0.15) is 28.8 Å². The van der Waals surface area contributed by atoms with Gasteiger partial charge in [-0.25, -0.2) is 9.78 Å². The Morgan fingerprint density at radius 3 is 2.54 bits per heavy atom. The molecule has 0 aliphatic carbocycles. The second kappa shape index (κ2) is 11.5. The van der Waals surface area contributed by atoms with Gasteiger partial charge in [0.1, 0.15) is 16.4 Å². The van der Waals surface area contributed by atoms with E-state index in [0.29, 0.717) is 23.4 Å². The lowest BCUT2D eigenvalue weighted by Crippen LogP contribution is -2.42. The van der Waals surface area contributed by atoms with E-state index in [4.69, 9.17) is 19.4 Å². The number of methoxy groups -OCH3 is 2. The molecule has 1 aliphatic heterocycles. The maximum atomic E-state index is 12.0. The summed E-state index contributed by atoms with van der Waals surface area (Å²) in [5, 5.41) is 9.75. The molecule has 0 amide bonds. The molecule has 2 aromatic carbocycles. The number of esters is 1. The van der Waals surface area contributed by atoms with Gasteiger partial charge in [-0.05, 0) is 75.1 Å². The Bertz CT molecular complexity index is 1480. The number of hydrogen-bond donors (Lipinski definition) is 2. The Morgan fingerprint density at radius 2 is 1.82 bits per heavy atom. The van der Waals surface area contributed by atoms with Gasteiger partial charge < -0.3 is 29.9 Å². The number of piperidine rings is 1. The van der Waals surface area contributed by atoms with Crippen molar-refractivity contribution in [2.45, 2.75) is 25.8 Å². The van der Waals surface area contributed by atoms with Crippen LogP contribution in [0.5, 0.6) is 5.75 Å². The fraction of sp³-hybridized carbons (Fsp3) is 0.345. The van der Waals surface area contributed by atoms with Gasteiger partial charge in [0.05, 0.1) is 30.9 Å². The lowest BCUT2D eigenvalue weighted by Gasteiger charge is -2.37. The van der Waals surface area contributed by atoms with E-state index in [1.165, 1.54) is 7.11 Å². The average Bonchev–Trinajstić information content (AvgIpc) is 3.33. The number of ether oxygens (including phenoxy) is 2. The van der Waals surface area contributed by atoms with Gasteiger partial charge in [-0.15, -0.1) is 11.3 Å². The van der Waals surface area contributed by atoms with E-state index in [1.807, 2.05) is 31.2 Å². The van der Waals surface area contributed by atoms with Crippen LogP contribution in [-0.2, 0) is 4.74 Å². The van der Waals surface area contributed by atoms with Crippen LogP contribution < -0.4 is 20.3 Å². The average molecular weight is 547 g/mol. The van der Waals surface area contributed by atoms with E-state index < -0.39 is 0 Å². The molecular formula is C29H34N6O3S. The van der Waals surface area contributed by atoms with Gasteiger partial charge in [0.25, 0.3) is 0 Å². The number of hydrogen-bond acceptors (Lipinski definition) is 10. The molecule has 0 bridgehead atoms. The third-order valence-electron chi connectivity index (χ3n) is 7.14. The molecule has 5 rings (SSSR count). The van der Waals surface area contributed by atoms with E-state index in [-0.39, 0.29) is 5.97 Å². The van der Waals surface area contributed by atoms with Gasteiger partial charge in [0, 0.05) is 36.6 Å². The molecule has 0 unspecified atom stereocenters. The number of thiophene rings is 1. The molecule has 9 nitrogen and oxygen atoms in total. The number of nitrogens with zero attached hydrogens (tertiary/aromatic N) is 4. The maximum Gasteiger partial charge on any atom is 0.337 e. The minimum absolute atomic E-state index is 0.389. The van der Waals surface area contributed by atoms with E-state index in [9.17, 15) is 4.79 Å². The lowest BCUT2D eigenvalue weighted by molar-refractivity contribution is 0.0601. The molecule has 1 aliphatic rings. The van der Waals surface area contributed by atoms with E-state index in [2.05, 4.69) is 46.0 Å². The predicted molar refractivity (Wildman–Crippen MR) is 158 cm³/mol. The smallest absolute Gasteiger partial charge is 0.337 e. The third kappa shape index (κ3) is 5.76. The van der Waals surface area contributed by atoms with Gasteiger partial charge in [-0.1, -0.05) is 6.07 Å². The van der Waals surface area contributed by atoms with Crippen LogP contribution in [0.4, 0.5) is 28.8 Å². The standard InChI is InChI=1S/C29H34N6O3S/c1-18-17-39-27-25(18)26(30-20-8-6-7-19(15-20)28(36)38-5)32-29(33-27)31-21-9-10-23(24(16-21)37-4)35-13-11-22(12-14-35)34(2)3/h6-10,15-17,22H,11-14H2,1-5H3,(H2,30,31,32,33). The second-order valence-corrected chi connectivity index (χ2v) is 10.7. The highest BCUT2D eigenvalue weighted by molar-refractivity contribution is 7.17. The molecule has 0 spiro atoms. The van der Waals surface area contributed by atoms with Gasteiger partial charge in [0.2, 0.25) is 5.95 Å². The summed E-state index contributed by atoms with van der Waals surface area (Å²) in [5.74, 6) is 1.56. The number of fused-ring (bicyclic) bond motifs is 1. The van der Waals surface area contributed by atoms with Gasteiger partial charge in [-0.3, -0.25) is 0 Å². The molecule has 4 aromatic rings. The molecule has 0 atom stereocenters. The Labute approximate surface area is 232 Å². The highest BCUT2D eigenvalue weighted by Gasteiger charge is 2.23. The molecule has 1 saturated heterocycles. The maximum absolute atomic E-state index is 12.0. The van der Waals surface area contributed by atoms with Crippen molar-refractivity contribution in [2.75, 3.05) is 56.9 Å². The number of anilines is 5. The van der Waals surface area contributed by atoms with Gasteiger partial charge in [0.15, 0.2) is 0 Å². The van der Waals surface area contributed by atoms with E-state index in [0.717, 1.165) is 64.5 Å². The number of aryl methyl sites for hydroxylation is 1. The molecule has 39 heavy (non-hydrogen) atoms. The van der Waals surface area contributed by atoms with E-state index in [1.54, 1.807) is 30.6 Å². The first-order valence-electron chi connectivity index (χ1n) is 12.9. The number of aromatic nitrogens is 2. The predicted octanol–water partition coefficient (Wildman–Crippen LogP) is 5.81. The first-order chi connectivity index (χ1) is 18.9. The summed E-state index contributed by atoms with van der Waals surface area (Å²) in [4.78, 5) is 27.2.